The SMILES string of the molecule is C[C@@H](C(=O)N1C(=O)c2ccccc2OC1(C)C)[C@H]1NC(=O)[C@@H]1[C@@](C)(O[SiH](C)C)C(C)(C)C. The molecule has 32 heavy (non-hydrogen) atoms. The smallest absolute Gasteiger partial charge is 0.267 e. The number of para-hydroxylation sites is 1. The van der Waals surface area contributed by atoms with Gasteiger partial charge in [0.15, 0.2) is 14.8 Å². The van der Waals surface area contributed by atoms with E-state index in [0.717, 1.165) is 0 Å². The normalized spacial score (nSPS) is 25.2. The fraction of sp³-hybridized carbons (Fsp3) is 0.625. The summed E-state index contributed by atoms with van der Waals surface area (Å²) in [5.74, 6) is -1.54. The number of rotatable bonds is 5. The maximum absolute atomic E-state index is 13.7. The number of β-lactam (4-membered cyclic amide) rings is 1. The first-order valence-corrected chi connectivity index (χ1v) is 14.0. The lowest BCUT2D eigenvalue weighted by Crippen LogP contribution is -2.73. The molecule has 3 amide bonds. The van der Waals surface area contributed by atoms with Gasteiger partial charge in [-0.3, -0.25) is 14.4 Å². The van der Waals surface area contributed by atoms with Gasteiger partial charge < -0.3 is 14.5 Å². The monoisotopic (exact) mass is 460 g/mol. The van der Waals surface area contributed by atoms with Crippen LogP contribution in [0.2, 0.25) is 13.1 Å². The second kappa shape index (κ2) is 7.99. The fourth-order valence-electron chi connectivity index (χ4n) is 4.75. The Hall–Kier alpha value is -2.19. The van der Waals surface area contributed by atoms with Crippen LogP contribution in [0, 0.1) is 17.3 Å². The Morgan fingerprint density at radius 3 is 2.31 bits per heavy atom. The molecule has 8 heteroatoms. The first-order valence-electron chi connectivity index (χ1n) is 11.3. The number of imide groups is 1. The maximum Gasteiger partial charge on any atom is 0.267 e. The summed E-state index contributed by atoms with van der Waals surface area (Å²) < 4.78 is 12.5. The van der Waals surface area contributed by atoms with Gasteiger partial charge >= 0.3 is 0 Å². The van der Waals surface area contributed by atoms with Crippen molar-refractivity contribution in [2.75, 3.05) is 0 Å². The Morgan fingerprint density at radius 2 is 1.78 bits per heavy atom. The second-order valence-corrected chi connectivity index (χ2v) is 13.2. The summed E-state index contributed by atoms with van der Waals surface area (Å²) in [6, 6.07) is 6.48. The molecule has 0 aliphatic carbocycles. The van der Waals surface area contributed by atoms with Crippen LogP contribution in [-0.4, -0.2) is 49.0 Å². The molecule has 2 aliphatic heterocycles. The van der Waals surface area contributed by atoms with Crippen LogP contribution in [0.1, 0.15) is 58.8 Å². The average molecular weight is 461 g/mol. The van der Waals surface area contributed by atoms with Gasteiger partial charge in [0.25, 0.3) is 5.91 Å². The quantitative estimate of drug-likeness (QED) is 0.538. The zero-order chi connectivity index (χ0) is 24.2. The van der Waals surface area contributed by atoms with E-state index in [0.29, 0.717) is 11.3 Å². The molecule has 1 aromatic carbocycles. The summed E-state index contributed by atoms with van der Waals surface area (Å²) in [4.78, 5) is 40.9. The van der Waals surface area contributed by atoms with Crippen LogP contribution in [0.4, 0.5) is 0 Å². The molecule has 0 spiro atoms. The molecule has 0 unspecified atom stereocenters. The minimum Gasteiger partial charge on any atom is -0.467 e. The molecule has 176 valence electrons. The number of fused-ring (bicyclic) bond motifs is 1. The third-order valence-electron chi connectivity index (χ3n) is 6.88. The highest BCUT2D eigenvalue weighted by Gasteiger charge is 2.60. The summed E-state index contributed by atoms with van der Waals surface area (Å²) in [7, 11) is -1.49. The van der Waals surface area contributed by atoms with Crippen molar-refractivity contribution in [3.05, 3.63) is 29.8 Å². The third-order valence-corrected chi connectivity index (χ3v) is 7.84. The molecule has 1 saturated heterocycles. The molecular formula is C24H36N2O5Si. The molecule has 0 bridgehead atoms. The number of nitrogens with one attached hydrogen (secondary N) is 1. The largest absolute Gasteiger partial charge is 0.467 e. The first kappa shape index (κ1) is 24.4. The number of ether oxygens (including phenoxy) is 1. The molecule has 0 radical (unpaired) electrons. The number of carbonyl (C=O) groups is 3. The van der Waals surface area contributed by atoms with E-state index in [9.17, 15) is 14.4 Å². The van der Waals surface area contributed by atoms with Gasteiger partial charge in [-0.25, -0.2) is 4.90 Å². The lowest BCUT2D eigenvalue weighted by atomic mass is 9.62. The van der Waals surface area contributed by atoms with Crippen molar-refractivity contribution in [3.8, 4) is 5.75 Å². The van der Waals surface area contributed by atoms with E-state index in [4.69, 9.17) is 9.16 Å². The highest BCUT2D eigenvalue weighted by atomic mass is 28.3. The topological polar surface area (TPSA) is 84.9 Å². The molecule has 0 aromatic heterocycles. The lowest BCUT2D eigenvalue weighted by molar-refractivity contribution is -0.168. The Labute approximate surface area is 192 Å². The van der Waals surface area contributed by atoms with E-state index in [1.807, 2.05) is 6.92 Å². The van der Waals surface area contributed by atoms with Gasteiger partial charge in [-0.1, -0.05) is 39.8 Å². The van der Waals surface area contributed by atoms with Gasteiger partial charge in [-0.05, 0) is 51.4 Å². The number of hydrogen-bond donors (Lipinski definition) is 1. The molecule has 0 saturated carbocycles. The summed E-state index contributed by atoms with van der Waals surface area (Å²) in [6.07, 6.45) is 0. The molecule has 1 fully saturated rings. The van der Waals surface area contributed by atoms with Crippen LogP contribution in [0.5, 0.6) is 5.75 Å². The Balaban J connectivity index is 1.93. The summed E-state index contributed by atoms with van der Waals surface area (Å²) in [6.45, 7) is 17.5. The molecule has 7 nitrogen and oxygen atoms in total. The van der Waals surface area contributed by atoms with Crippen LogP contribution < -0.4 is 10.1 Å². The van der Waals surface area contributed by atoms with Gasteiger partial charge in [-0.2, -0.15) is 0 Å². The van der Waals surface area contributed by atoms with E-state index >= 15 is 0 Å². The van der Waals surface area contributed by atoms with E-state index in [-0.39, 0.29) is 23.1 Å². The first-order chi connectivity index (χ1) is 14.6. The van der Waals surface area contributed by atoms with E-state index in [1.165, 1.54) is 4.90 Å². The van der Waals surface area contributed by atoms with Crippen LogP contribution in [0.3, 0.4) is 0 Å². The molecule has 2 heterocycles. The number of hydrogen-bond acceptors (Lipinski definition) is 5. The van der Waals surface area contributed by atoms with Crippen LogP contribution in [-0.2, 0) is 14.0 Å². The van der Waals surface area contributed by atoms with Gasteiger partial charge in [0.05, 0.1) is 29.0 Å². The predicted octanol–water partition coefficient (Wildman–Crippen LogP) is 3.34. The average Bonchev–Trinajstić information content (AvgIpc) is 2.63. The van der Waals surface area contributed by atoms with Gasteiger partial charge in [-0.15, -0.1) is 0 Å². The summed E-state index contributed by atoms with van der Waals surface area (Å²) in [5, 5.41) is 2.92. The Kier molecular flexibility index (Phi) is 6.10. The maximum atomic E-state index is 13.7. The van der Waals surface area contributed by atoms with Crippen molar-refractivity contribution in [1.82, 2.24) is 10.2 Å². The summed E-state index contributed by atoms with van der Waals surface area (Å²) >= 11 is 0. The van der Waals surface area contributed by atoms with Crippen molar-refractivity contribution in [2.45, 2.75) is 78.9 Å². The Bertz CT molecular complexity index is 939. The Morgan fingerprint density at radius 1 is 1.19 bits per heavy atom. The van der Waals surface area contributed by atoms with E-state index in [2.05, 4.69) is 39.2 Å². The third kappa shape index (κ3) is 3.88. The van der Waals surface area contributed by atoms with Crippen LogP contribution >= 0.6 is 0 Å². The van der Waals surface area contributed by atoms with E-state index < -0.39 is 38.2 Å². The van der Waals surface area contributed by atoms with Crippen molar-refractivity contribution >= 4 is 26.8 Å². The number of carbonyl (C=O) groups excluding carboxylic acids is 3. The highest BCUT2D eigenvalue weighted by molar-refractivity contribution is 6.48. The number of nitrogens with zero attached hydrogens (tertiary/aromatic N) is 1. The van der Waals surface area contributed by atoms with Crippen LogP contribution in [0.15, 0.2) is 24.3 Å². The number of amides is 3. The van der Waals surface area contributed by atoms with Gasteiger partial charge in [0.2, 0.25) is 11.8 Å². The predicted molar refractivity (Wildman–Crippen MR) is 125 cm³/mol. The molecule has 4 atom stereocenters. The van der Waals surface area contributed by atoms with Crippen molar-refractivity contribution in [1.29, 1.82) is 0 Å². The standard InChI is InChI=1S/C24H36N2O5Si/c1-14(18-17(19(27)25-18)24(7,22(2,3)4)31-32(8)9)20(28)26-21(29)15-12-10-11-13-16(15)30-23(26,5)6/h10-14,17-18,32H,1-9H3,(H,25,27)/t14-,17-,18-,24-/m1/s1. The minimum absolute atomic E-state index is 0.118. The zero-order valence-electron chi connectivity index (χ0n) is 20.6. The zero-order valence-corrected chi connectivity index (χ0v) is 21.8. The van der Waals surface area contributed by atoms with E-state index in [1.54, 1.807) is 45.0 Å². The van der Waals surface area contributed by atoms with Gasteiger partial charge in [0.1, 0.15) is 5.75 Å². The molecule has 2 aliphatic rings. The summed E-state index contributed by atoms with van der Waals surface area (Å²) in [5.41, 5.74) is -1.85. The van der Waals surface area contributed by atoms with Gasteiger partial charge in [0, 0.05) is 0 Å². The van der Waals surface area contributed by atoms with Crippen molar-refractivity contribution in [2.24, 2.45) is 17.3 Å². The fourth-order valence-corrected chi connectivity index (χ4v) is 6.23. The second-order valence-electron chi connectivity index (χ2n) is 10.8. The lowest BCUT2D eigenvalue weighted by Gasteiger charge is -2.56. The highest BCUT2D eigenvalue weighted by Crippen LogP contribution is 2.46. The molecule has 1 N–H and O–H groups in total. The van der Waals surface area contributed by atoms with Crippen molar-refractivity contribution in [3.63, 3.8) is 0 Å². The minimum atomic E-state index is -1.49. The molecule has 1 aromatic rings. The number of benzene rings is 1. The van der Waals surface area contributed by atoms with Crippen molar-refractivity contribution < 1.29 is 23.5 Å². The molecule has 3 rings (SSSR count). The molecular weight excluding hydrogens is 424 g/mol. The van der Waals surface area contributed by atoms with Crippen LogP contribution in [0.25, 0.3) is 0 Å².